The molecule has 0 aliphatic rings. The van der Waals surface area contributed by atoms with Crippen molar-refractivity contribution < 1.29 is 4.79 Å². The number of anilines is 1. The van der Waals surface area contributed by atoms with Crippen molar-refractivity contribution in [2.24, 2.45) is 0 Å². The van der Waals surface area contributed by atoms with Crippen LogP contribution in [0.4, 0.5) is 5.13 Å². The third-order valence-electron chi connectivity index (χ3n) is 3.10. The minimum atomic E-state index is -0.100. The van der Waals surface area contributed by atoms with Crippen LogP contribution in [0.5, 0.6) is 0 Å². The molecule has 118 valence electrons. The van der Waals surface area contributed by atoms with Crippen LogP contribution in [0.15, 0.2) is 47.1 Å². The molecule has 0 unspecified atom stereocenters. The second-order valence-electron chi connectivity index (χ2n) is 4.78. The summed E-state index contributed by atoms with van der Waals surface area (Å²) in [5.41, 5.74) is 1.17. The lowest BCUT2D eigenvalue weighted by molar-refractivity contribution is -0.113. The van der Waals surface area contributed by atoms with E-state index in [0.29, 0.717) is 11.7 Å². The number of nitrogens with zero attached hydrogens (tertiary/aromatic N) is 4. The number of carbonyl (C=O) groups is 1. The molecule has 1 amide bonds. The van der Waals surface area contributed by atoms with E-state index >= 15 is 0 Å². The van der Waals surface area contributed by atoms with Crippen LogP contribution in [0.1, 0.15) is 11.4 Å². The Bertz CT molecular complexity index is 771. The van der Waals surface area contributed by atoms with Gasteiger partial charge in [-0.2, -0.15) is 0 Å². The zero-order valence-electron chi connectivity index (χ0n) is 12.5. The molecule has 0 radical (unpaired) electrons. The Morgan fingerprint density at radius 1 is 1.30 bits per heavy atom. The Hall–Kier alpha value is -2.19. The van der Waals surface area contributed by atoms with Crippen LogP contribution >= 0.6 is 23.1 Å². The van der Waals surface area contributed by atoms with Gasteiger partial charge in [0.05, 0.1) is 12.3 Å². The number of thiazole rings is 1. The molecule has 23 heavy (non-hydrogen) atoms. The van der Waals surface area contributed by atoms with E-state index in [-0.39, 0.29) is 11.7 Å². The average Bonchev–Trinajstić information content (AvgIpc) is 3.18. The molecule has 3 aromatic rings. The molecule has 1 aromatic carbocycles. The molecule has 2 aromatic heterocycles. The van der Waals surface area contributed by atoms with Gasteiger partial charge in [0.2, 0.25) is 5.91 Å². The third-order valence-corrected chi connectivity index (χ3v) is 4.75. The van der Waals surface area contributed by atoms with E-state index in [0.717, 1.165) is 11.0 Å². The largest absolute Gasteiger partial charge is 0.302 e. The number of hydrogen-bond donors (Lipinski definition) is 1. The van der Waals surface area contributed by atoms with Crippen LogP contribution in [0.25, 0.3) is 0 Å². The van der Waals surface area contributed by atoms with Gasteiger partial charge in [-0.15, -0.1) is 21.5 Å². The Balaban J connectivity index is 1.63. The summed E-state index contributed by atoms with van der Waals surface area (Å²) in [7, 11) is 0. The van der Waals surface area contributed by atoms with Crippen molar-refractivity contribution in [3.63, 3.8) is 0 Å². The Morgan fingerprint density at radius 3 is 2.87 bits per heavy atom. The van der Waals surface area contributed by atoms with Gasteiger partial charge in [0.25, 0.3) is 0 Å². The number of aromatic nitrogens is 4. The summed E-state index contributed by atoms with van der Waals surface area (Å²) < 4.78 is 2.01. The van der Waals surface area contributed by atoms with Crippen molar-refractivity contribution in [1.82, 2.24) is 19.7 Å². The van der Waals surface area contributed by atoms with Crippen LogP contribution in [-0.2, 0) is 11.3 Å². The third kappa shape index (κ3) is 4.17. The van der Waals surface area contributed by atoms with Gasteiger partial charge >= 0.3 is 0 Å². The molecule has 0 spiro atoms. The molecular formula is C15H15N5OS2. The summed E-state index contributed by atoms with van der Waals surface area (Å²) in [6, 6.07) is 10.1. The second-order valence-corrected chi connectivity index (χ2v) is 6.61. The van der Waals surface area contributed by atoms with E-state index < -0.39 is 0 Å². The SMILES string of the molecule is Cc1nnc(SCC(=O)Nc2nccs2)n1Cc1ccccc1. The normalized spacial score (nSPS) is 10.7. The first-order valence-electron chi connectivity index (χ1n) is 6.98. The van der Waals surface area contributed by atoms with E-state index in [2.05, 4.69) is 32.6 Å². The number of aryl methyl sites for hydroxylation is 1. The molecular weight excluding hydrogens is 330 g/mol. The summed E-state index contributed by atoms with van der Waals surface area (Å²) in [6.45, 7) is 2.60. The quantitative estimate of drug-likeness (QED) is 0.696. The Labute approximate surface area is 142 Å². The monoisotopic (exact) mass is 345 g/mol. The topological polar surface area (TPSA) is 72.7 Å². The number of amides is 1. The molecule has 8 heteroatoms. The number of nitrogens with one attached hydrogen (secondary N) is 1. The maximum Gasteiger partial charge on any atom is 0.236 e. The molecule has 0 bridgehead atoms. The van der Waals surface area contributed by atoms with E-state index in [1.54, 1.807) is 6.20 Å². The number of thioether (sulfide) groups is 1. The lowest BCUT2D eigenvalue weighted by Gasteiger charge is -2.08. The van der Waals surface area contributed by atoms with Crippen LogP contribution < -0.4 is 5.32 Å². The number of hydrogen-bond acceptors (Lipinski definition) is 6. The van der Waals surface area contributed by atoms with Crippen LogP contribution in [0.3, 0.4) is 0 Å². The second kappa shape index (κ2) is 7.38. The fourth-order valence-corrected chi connectivity index (χ4v) is 3.32. The highest BCUT2D eigenvalue weighted by Gasteiger charge is 2.12. The van der Waals surface area contributed by atoms with E-state index in [1.807, 2.05) is 35.1 Å². The van der Waals surface area contributed by atoms with E-state index in [4.69, 9.17) is 0 Å². The summed E-state index contributed by atoms with van der Waals surface area (Å²) in [6.07, 6.45) is 1.66. The van der Waals surface area contributed by atoms with Gasteiger partial charge in [-0.25, -0.2) is 4.98 Å². The summed E-state index contributed by atoms with van der Waals surface area (Å²) >= 11 is 2.77. The molecule has 3 rings (SSSR count). The highest BCUT2D eigenvalue weighted by atomic mass is 32.2. The van der Waals surface area contributed by atoms with Crippen molar-refractivity contribution in [2.75, 3.05) is 11.1 Å². The van der Waals surface area contributed by atoms with Gasteiger partial charge in [0.15, 0.2) is 10.3 Å². The van der Waals surface area contributed by atoms with Crippen molar-refractivity contribution in [3.05, 3.63) is 53.3 Å². The van der Waals surface area contributed by atoms with Crippen molar-refractivity contribution in [1.29, 1.82) is 0 Å². The number of benzene rings is 1. The first-order chi connectivity index (χ1) is 11.2. The molecule has 0 atom stereocenters. The van der Waals surface area contributed by atoms with E-state index in [9.17, 15) is 4.79 Å². The summed E-state index contributed by atoms with van der Waals surface area (Å²) in [5.74, 6) is 1.00. The molecule has 1 N–H and O–H groups in total. The van der Waals surface area contributed by atoms with Crippen molar-refractivity contribution in [3.8, 4) is 0 Å². The first kappa shape index (κ1) is 15.7. The molecule has 0 aliphatic heterocycles. The van der Waals surface area contributed by atoms with Crippen LogP contribution in [-0.4, -0.2) is 31.4 Å². The predicted octanol–water partition coefficient (Wildman–Crippen LogP) is 2.82. The lowest BCUT2D eigenvalue weighted by atomic mass is 10.2. The zero-order valence-corrected chi connectivity index (χ0v) is 14.1. The minimum absolute atomic E-state index is 0.100. The molecule has 0 aliphatic carbocycles. The maximum absolute atomic E-state index is 11.9. The molecule has 0 saturated carbocycles. The average molecular weight is 345 g/mol. The minimum Gasteiger partial charge on any atom is -0.302 e. The lowest BCUT2D eigenvalue weighted by Crippen LogP contribution is -2.14. The van der Waals surface area contributed by atoms with Crippen molar-refractivity contribution >= 4 is 34.1 Å². The Morgan fingerprint density at radius 2 is 2.13 bits per heavy atom. The highest BCUT2D eigenvalue weighted by Crippen LogP contribution is 2.19. The highest BCUT2D eigenvalue weighted by molar-refractivity contribution is 7.99. The van der Waals surface area contributed by atoms with Crippen molar-refractivity contribution in [2.45, 2.75) is 18.6 Å². The molecule has 0 saturated heterocycles. The summed E-state index contributed by atoms with van der Waals surface area (Å²) in [5, 5.41) is 14.2. The van der Waals surface area contributed by atoms with Gasteiger partial charge in [0.1, 0.15) is 5.82 Å². The van der Waals surface area contributed by atoms with Gasteiger partial charge in [-0.3, -0.25) is 4.79 Å². The van der Waals surface area contributed by atoms with Gasteiger partial charge < -0.3 is 9.88 Å². The molecule has 2 heterocycles. The molecule has 6 nitrogen and oxygen atoms in total. The van der Waals surface area contributed by atoms with Gasteiger partial charge in [-0.1, -0.05) is 42.1 Å². The standard InChI is InChI=1S/C15H15N5OS2/c1-11-18-19-15(20(11)9-12-5-3-2-4-6-12)23-10-13(21)17-14-16-7-8-22-14/h2-8H,9-10H2,1H3,(H,16,17,21). The fraction of sp³-hybridized carbons (Fsp3) is 0.200. The Kier molecular flexibility index (Phi) is 5.04. The number of rotatable bonds is 6. The number of carbonyl (C=O) groups excluding carboxylic acids is 1. The smallest absolute Gasteiger partial charge is 0.236 e. The zero-order chi connectivity index (χ0) is 16.1. The molecule has 0 fully saturated rings. The van der Waals surface area contributed by atoms with Crippen LogP contribution in [0, 0.1) is 6.92 Å². The van der Waals surface area contributed by atoms with Gasteiger partial charge in [-0.05, 0) is 12.5 Å². The predicted molar refractivity (Wildman–Crippen MR) is 91.8 cm³/mol. The van der Waals surface area contributed by atoms with E-state index in [1.165, 1.54) is 28.7 Å². The maximum atomic E-state index is 11.9. The fourth-order valence-electron chi connectivity index (χ4n) is 1.99. The summed E-state index contributed by atoms with van der Waals surface area (Å²) in [4.78, 5) is 16.0. The van der Waals surface area contributed by atoms with Crippen LogP contribution in [0.2, 0.25) is 0 Å². The first-order valence-corrected chi connectivity index (χ1v) is 8.85. The van der Waals surface area contributed by atoms with Gasteiger partial charge in [0, 0.05) is 11.6 Å².